The van der Waals surface area contributed by atoms with E-state index in [2.05, 4.69) is 5.43 Å². The zero-order valence-electron chi connectivity index (χ0n) is 15.6. The molecule has 1 unspecified atom stereocenters. The SMILES string of the molecule is CN1C=C(COCc2ccc(C(=O)NN)cc2)SC1c1ccc(C(F)(F)F)cc1. The molecule has 0 spiro atoms. The van der Waals surface area contributed by atoms with E-state index in [9.17, 15) is 18.0 Å². The highest BCUT2D eigenvalue weighted by atomic mass is 32.2. The molecule has 0 aromatic heterocycles. The van der Waals surface area contributed by atoms with Crippen molar-refractivity contribution < 1.29 is 22.7 Å². The van der Waals surface area contributed by atoms with Gasteiger partial charge in [-0.1, -0.05) is 36.0 Å². The number of hydrazine groups is 1. The van der Waals surface area contributed by atoms with E-state index in [1.807, 2.05) is 18.1 Å². The van der Waals surface area contributed by atoms with Gasteiger partial charge in [-0.2, -0.15) is 13.2 Å². The number of halogens is 3. The van der Waals surface area contributed by atoms with Gasteiger partial charge in [0.05, 0.1) is 18.8 Å². The third-order valence-electron chi connectivity index (χ3n) is 4.36. The van der Waals surface area contributed by atoms with Gasteiger partial charge >= 0.3 is 6.18 Å². The van der Waals surface area contributed by atoms with Crippen LogP contribution in [0.25, 0.3) is 0 Å². The first kappa shape index (κ1) is 21.2. The number of ether oxygens (including phenoxy) is 1. The van der Waals surface area contributed by atoms with Crippen LogP contribution in [0.5, 0.6) is 0 Å². The molecule has 2 aromatic rings. The lowest BCUT2D eigenvalue weighted by atomic mass is 10.1. The van der Waals surface area contributed by atoms with Gasteiger partial charge in [0.25, 0.3) is 5.91 Å². The number of carbonyl (C=O) groups is 1. The Hall–Kier alpha value is -2.49. The van der Waals surface area contributed by atoms with Crippen LogP contribution in [0.2, 0.25) is 0 Å². The van der Waals surface area contributed by atoms with Crippen molar-refractivity contribution in [3.05, 3.63) is 81.9 Å². The molecule has 0 fully saturated rings. The quantitative estimate of drug-likeness (QED) is 0.417. The predicted octanol–water partition coefficient (Wildman–Crippen LogP) is 4.04. The molecule has 154 valence electrons. The van der Waals surface area contributed by atoms with Gasteiger partial charge in [-0.3, -0.25) is 10.2 Å². The van der Waals surface area contributed by atoms with Gasteiger partial charge in [0.15, 0.2) is 0 Å². The van der Waals surface area contributed by atoms with E-state index in [4.69, 9.17) is 10.6 Å². The Kier molecular flexibility index (Phi) is 6.51. The molecule has 3 rings (SSSR count). The molecule has 1 heterocycles. The summed E-state index contributed by atoms with van der Waals surface area (Å²) in [4.78, 5) is 14.4. The standard InChI is InChI=1S/C20H20F3N3O2S/c1-26-10-17(12-28-11-13-2-4-14(5-3-13)18(27)25-24)29-19(26)15-6-8-16(9-7-15)20(21,22)23/h2-10,19H,11-12,24H2,1H3,(H,25,27). The molecule has 1 amide bonds. The Morgan fingerprint density at radius 3 is 2.38 bits per heavy atom. The fraction of sp³-hybridized carbons (Fsp3) is 0.250. The molecule has 0 radical (unpaired) electrons. The van der Waals surface area contributed by atoms with Crippen molar-refractivity contribution in [2.75, 3.05) is 13.7 Å². The van der Waals surface area contributed by atoms with Crippen LogP contribution in [0.15, 0.2) is 59.6 Å². The summed E-state index contributed by atoms with van der Waals surface area (Å²) in [6.07, 6.45) is -2.40. The number of hydrogen-bond acceptors (Lipinski definition) is 5. The lowest BCUT2D eigenvalue weighted by molar-refractivity contribution is -0.137. The summed E-state index contributed by atoms with van der Waals surface area (Å²) in [6.45, 7) is 0.758. The van der Waals surface area contributed by atoms with Crippen molar-refractivity contribution in [1.82, 2.24) is 10.3 Å². The minimum atomic E-state index is -4.34. The molecule has 3 N–H and O–H groups in total. The highest BCUT2D eigenvalue weighted by Gasteiger charge is 2.31. The van der Waals surface area contributed by atoms with Crippen LogP contribution in [-0.4, -0.2) is 24.5 Å². The third-order valence-corrected chi connectivity index (χ3v) is 5.72. The number of thioether (sulfide) groups is 1. The first-order valence-electron chi connectivity index (χ1n) is 8.72. The summed E-state index contributed by atoms with van der Waals surface area (Å²) >= 11 is 1.54. The summed E-state index contributed by atoms with van der Waals surface area (Å²) in [5, 5.41) is -0.0926. The molecule has 2 aromatic carbocycles. The van der Waals surface area contributed by atoms with Crippen LogP contribution in [0.1, 0.15) is 32.4 Å². The number of nitrogens with two attached hydrogens (primary N) is 1. The maximum Gasteiger partial charge on any atom is 0.416 e. The monoisotopic (exact) mass is 423 g/mol. The number of rotatable bonds is 6. The van der Waals surface area contributed by atoms with Crippen LogP contribution in [0.4, 0.5) is 13.2 Å². The molecule has 0 saturated carbocycles. The van der Waals surface area contributed by atoms with Crippen LogP contribution >= 0.6 is 11.8 Å². The average molecular weight is 423 g/mol. The van der Waals surface area contributed by atoms with E-state index in [0.717, 1.165) is 28.2 Å². The Bertz CT molecular complexity index is 883. The van der Waals surface area contributed by atoms with Crippen LogP contribution in [0, 0.1) is 0 Å². The van der Waals surface area contributed by atoms with E-state index in [0.29, 0.717) is 18.8 Å². The molecule has 29 heavy (non-hydrogen) atoms. The van der Waals surface area contributed by atoms with Gasteiger partial charge in [-0.15, -0.1) is 0 Å². The summed E-state index contributed by atoms with van der Waals surface area (Å²) in [6, 6.07) is 12.1. The predicted molar refractivity (Wildman–Crippen MR) is 105 cm³/mol. The Morgan fingerprint density at radius 1 is 1.14 bits per heavy atom. The van der Waals surface area contributed by atoms with E-state index in [-0.39, 0.29) is 11.3 Å². The highest BCUT2D eigenvalue weighted by molar-refractivity contribution is 8.03. The Labute approximate surface area is 170 Å². The zero-order valence-corrected chi connectivity index (χ0v) is 16.4. The summed E-state index contributed by atoms with van der Waals surface area (Å²) in [7, 11) is 1.88. The third kappa shape index (κ3) is 5.31. The Balaban J connectivity index is 1.52. The first-order chi connectivity index (χ1) is 13.8. The van der Waals surface area contributed by atoms with Crippen LogP contribution in [0.3, 0.4) is 0 Å². The maximum atomic E-state index is 12.7. The summed E-state index contributed by atoms with van der Waals surface area (Å²) < 4.78 is 43.9. The smallest absolute Gasteiger partial charge is 0.372 e. The topological polar surface area (TPSA) is 67.6 Å². The Morgan fingerprint density at radius 2 is 1.79 bits per heavy atom. The van der Waals surface area contributed by atoms with Gasteiger partial charge in [0, 0.05) is 23.7 Å². The lowest BCUT2D eigenvalue weighted by Gasteiger charge is -2.20. The van der Waals surface area contributed by atoms with Crippen molar-refractivity contribution in [1.29, 1.82) is 0 Å². The number of nitrogen functional groups attached to an aromatic ring is 1. The van der Waals surface area contributed by atoms with Gasteiger partial charge in [0.2, 0.25) is 0 Å². The van der Waals surface area contributed by atoms with E-state index in [1.54, 1.807) is 36.0 Å². The lowest BCUT2D eigenvalue weighted by Crippen LogP contribution is -2.29. The molecular formula is C20H20F3N3O2S. The molecule has 0 aliphatic carbocycles. The highest BCUT2D eigenvalue weighted by Crippen LogP contribution is 2.43. The summed E-state index contributed by atoms with van der Waals surface area (Å²) in [5.74, 6) is 4.74. The first-order valence-corrected chi connectivity index (χ1v) is 9.60. The fourth-order valence-corrected chi connectivity index (χ4v) is 4.05. The number of hydrogen-bond donors (Lipinski definition) is 2. The van der Waals surface area contributed by atoms with E-state index in [1.165, 1.54) is 12.1 Å². The minimum absolute atomic E-state index is 0.0926. The molecular weight excluding hydrogens is 403 g/mol. The van der Waals surface area contributed by atoms with Crippen molar-refractivity contribution in [2.24, 2.45) is 5.84 Å². The second kappa shape index (κ2) is 8.89. The largest absolute Gasteiger partial charge is 0.416 e. The fourth-order valence-electron chi connectivity index (χ4n) is 2.87. The number of benzene rings is 2. The second-order valence-electron chi connectivity index (χ2n) is 6.51. The van der Waals surface area contributed by atoms with Gasteiger partial charge in [0.1, 0.15) is 5.37 Å². The van der Waals surface area contributed by atoms with Crippen LogP contribution < -0.4 is 11.3 Å². The van der Waals surface area contributed by atoms with Crippen molar-refractivity contribution in [2.45, 2.75) is 18.2 Å². The normalized spacial score (nSPS) is 16.7. The zero-order chi connectivity index (χ0) is 21.0. The van der Waals surface area contributed by atoms with Gasteiger partial charge in [-0.05, 0) is 35.4 Å². The number of nitrogens with one attached hydrogen (secondary N) is 1. The maximum absolute atomic E-state index is 12.7. The number of nitrogens with zero attached hydrogens (tertiary/aromatic N) is 1. The molecule has 1 aliphatic rings. The molecule has 1 atom stereocenters. The van der Waals surface area contributed by atoms with E-state index >= 15 is 0 Å². The average Bonchev–Trinajstić information content (AvgIpc) is 3.08. The van der Waals surface area contributed by atoms with Gasteiger partial charge < -0.3 is 9.64 Å². The molecule has 0 bridgehead atoms. The van der Waals surface area contributed by atoms with Crippen molar-refractivity contribution >= 4 is 17.7 Å². The molecule has 1 aliphatic heterocycles. The molecule has 5 nitrogen and oxygen atoms in total. The minimum Gasteiger partial charge on any atom is -0.372 e. The van der Waals surface area contributed by atoms with Crippen molar-refractivity contribution in [3.8, 4) is 0 Å². The second-order valence-corrected chi connectivity index (χ2v) is 7.72. The summed E-state index contributed by atoms with van der Waals surface area (Å²) in [5.41, 5.74) is 3.59. The number of alkyl halides is 3. The molecule has 9 heteroatoms. The number of amides is 1. The van der Waals surface area contributed by atoms with E-state index < -0.39 is 11.7 Å². The number of carbonyl (C=O) groups excluding carboxylic acids is 1. The van der Waals surface area contributed by atoms with Gasteiger partial charge in [-0.25, -0.2) is 5.84 Å². The molecule has 0 saturated heterocycles. The van der Waals surface area contributed by atoms with Crippen LogP contribution in [-0.2, 0) is 17.5 Å². The van der Waals surface area contributed by atoms with Crippen molar-refractivity contribution in [3.63, 3.8) is 0 Å².